The van der Waals surface area contributed by atoms with Crippen molar-refractivity contribution in [3.8, 4) is 0 Å². The second kappa shape index (κ2) is 6.38. The Morgan fingerprint density at radius 2 is 2.25 bits per heavy atom. The van der Waals surface area contributed by atoms with Gasteiger partial charge in [-0.3, -0.25) is 4.79 Å². The summed E-state index contributed by atoms with van der Waals surface area (Å²) in [5.74, 6) is -0.864. The van der Waals surface area contributed by atoms with Crippen LogP contribution >= 0.6 is 15.9 Å². The molecule has 2 rings (SSSR count). The molecule has 7 nitrogen and oxygen atoms in total. The normalized spacial score (nSPS) is 14.7. The maximum Gasteiger partial charge on any atom is 0.416 e. The Morgan fingerprint density at radius 1 is 1.45 bits per heavy atom. The SMILES string of the molecule is O=C(/C=C/c1ccc(Br)o1)OCC(=O)N1CCOC1=O. The van der Waals surface area contributed by atoms with Crippen molar-refractivity contribution < 1.29 is 28.3 Å². The standard InChI is InChI=1S/C12H10BrNO6/c13-9-3-1-8(20-9)2-4-11(16)19-7-10(15)14-5-6-18-12(14)17/h1-4H,5-7H2/b4-2+. The maximum atomic E-state index is 11.5. The number of nitrogens with zero attached hydrogens (tertiary/aromatic N) is 1. The number of halogens is 1. The van der Waals surface area contributed by atoms with Crippen LogP contribution < -0.4 is 0 Å². The highest BCUT2D eigenvalue weighted by atomic mass is 79.9. The lowest BCUT2D eigenvalue weighted by Crippen LogP contribution is -2.35. The Hall–Kier alpha value is -2.09. The summed E-state index contributed by atoms with van der Waals surface area (Å²) in [7, 11) is 0. The van der Waals surface area contributed by atoms with Gasteiger partial charge in [0.25, 0.3) is 5.91 Å². The summed E-state index contributed by atoms with van der Waals surface area (Å²) < 4.78 is 15.0. The van der Waals surface area contributed by atoms with E-state index in [0.717, 1.165) is 11.0 Å². The van der Waals surface area contributed by atoms with Crippen LogP contribution in [0.15, 0.2) is 27.3 Å². The van der Waals surface area contributed by atoms with Gasteiger partial charge in [-0.15, -0.1) is 0 Å². The topological polar surface area (TPSA) is 86.1 Å². The number of carbonyl (C=O) groups excluding carboxylic acids is 3. The van der Waals surface area contributed by atoms with Gasteiger partial charge >= 0.3 is 12.1 Å². The van der Waals surface area contributed by atoms with E-state index >= 15 is 0 Å². The second-order valence-electron chi connectivity index (χ2n) is 3.74. The molecule has 20 heavy (non-hydrogen) atoms. The Balaban J connectivity index is 1.79. The molecule has 1 aliphatic heterocycles. The Kier molecular flexibility index (Phi) is 4.57. The van der Waals surface area contributed by atoms with Gasteiger partial charge in [0.1, 0.15) is 12.4 Å². The summed E-state index contributed by atoms with van der Waals surface area (Å²) in [5.41, 5.74) is 0. The first kappa shape index (κ1) is 14.3. The van der Waals surface area contributed by atoms with Crippen LogP contribution in [0.25, 0.3) is 6.08 Å². The quantitative estimate of drug-likeness (QED) is 0.609. The molecule has 2 heterocycles. The van der Waals surface area contributed by atoms with E-state index < -0.39 is 24.6 Å². The summed E-state index contributed by atoms with van der Waals surface area (Å²) in [6, 6.07) is 3.33. The fraction of sp³-hybridized carbons (Fsp3) is 0.250. The number of hydrogen-bond donors (Lipinski definition) is 0. The van der Waals surface area contributed by atoms with Crippen LogP contribution in [0.3, 0.4) is 0 Å². The van der Waals surface area contributed by atoms with E-state index in [1.807, 2.05) is 0 Å². The number of carbonyl (C=O) groups is 3. The summed E-state index contributed by atoms with van der Waals surface area (Å²) in [6.45, 7) is -0.183. The molecule has 0 aromatic carbocycles. The molecule has 0 bridgehead atoms. The molecule has 8 heteroatoms. The van der Waals surface area contributed by atoms with Gasteiger partial charge in [-0.25, -0.2) is 14.5 Å². The van der Waals surface area contributed by atoms with Crippen molar-refractivity contribution in [3.05, 3.63) is 28.6 Å². The minimum Gasteiger partial charge on any atom is -0.452 e. The summed E-state index contributed by atoms with van der Waals surface area (Å²) in [4.78, 5) is 34.9. The zero-order valence-corrected chi connectivity index (χ0v) is 11.8. The minimum atomic E-state index is -0.720. The molecule has 1 aromatic rings. The minimum absolute atomic E-state index is 0.159. The van der Waals surface area contributed by atoms with E-state index in [0.29, 0.717) is 10.4 Å². The monoisotopic (exact) mass is 343 g/mol. The molecule has 0 atom stereocenters. The van der Waals surface area contributed by atoms with E-state index in [1.165, 1.54) is 6.08 Å². The molecule has 0 saturated carbocycles. The van der Waals surface area contributed by atoms with Crippen LogP contribution in [0.4, 0.5) is 4.79 Å². The first-order valence-corrected chi connectivity index (χ1v) is 6.43. The van der Waals surface area contributed by atoms with Gasteiger partial charge in [0.05, 0.1) is 6.54 Å². The lowest BCUT2D eigenvalue weighted by Gasteiger charge is -2.09. The van der Waals surface area contributed by atoms with Crippen molar-refractivity contribution in [3.63, 3.8) is 0 Å². The van der Waals surface area contributed by atoms with Gasteiger partial charge in [-0.05, 0) is 34.1 Å². The van der Waals surface area contributed by atoms with E-state index in [-0.39, 0.29) is 13.2 Å². The number of esters is 1. The third kappa shape index (κ3) is 3.70. The predicted molar refractivity (Wildman–Crippen MR) is 69.5 cm³/mol. The van der Waals surface area contributed by atoms with Crippen LogP contribution in [0, 0.1) is 0 Å². The third-order valence-electron chi connectivity index (χ3n) is 2.38. The van der Waals surface area contributed by atoms with E-state index in [2.05, 4.69) is 20.7 Å². The lowest BCUT2D eigenvalue weighted by molar-refractivity contribution is -0.146. The first-order chi connectivity index (χ1) is 9.56. The molecule has 1 fully saturated rings. The van der Waals surface area contributed by atoms with Gasteiger partial charge in [0.2, 0.25) is 0 Å². The van der Waals surface area contributed by atoms with Gasteiger partial charge in [0, 0.05) is 6.08 Å². The third-order valence-corrected chi connectivity index (χ3v) is 2.80. The zero-order chi connectivity index (χ0) is 14.5. The van der Waals surface area contributed by atoms with Crippen LogP contribution in [0.1, 0.15) is 5.76 Å². The highest BCUT2D eigenvalue weighted by molar-refractivity contribution is 9.10. The van der Waals surface area contributed by atoms with Crippen LogP contribution in [-0.2, 0) is 19.1 Å². The molecule has 1 aromatic heterocycles. The van der Waals surface area contributed by atoms with E-state index in [9.17, 15) is 14.4 Å². The molecule has 106 valence electrons. The van der Waals surface area contributed by atoms with E-state index in [1.54, 1.807) is 12.1 Å². The van der Waals surface area contributed by atoms with Gasteiger partial charge < -0.3 is 13.9 Å². The average Bonchev–Trinajstić information content (AvgIpc) is 3.02. The molecule has 0 radical (unpaired) electrons. The van der Waals surface area contributed by atoms with Crippen molar-refractivity contribution in [1.29, 1.82) is 0 Å². The molecule has 0 aliphatic carbocycles. The zero-order valence-electron chi connectivity index (χ0n) is 10.2. The number of amides is 2. The molecule has 0 N–H and O–H groups in total. The molecule has 0 unspecified atom stereocenters. The Bertz CT molecular complexity index is 564. The van der Waals surface area contributed by atoms with Crippen molar-refractivity contribution >= 4 is 40.0 Å². The van der Waals surface area contributed by atoms with Crippen molar-refractivity contribution in [2.75, 3.05) is 19.8 Å². The molecule has 1 aliphatic rings. The van der Waals surface area contributed by atoms with Crippen LogP contribution in [0.5, 0.6) is 0 Å². The predicted octanol–water partition coefficient (Wildman–Crippen LogP) is 1.58. The highest BCUT2D eigenvalue weighted by Gasteiger charge is 2.28. The fourth-order valence-corrected chi connectivity index (χ4v) is 1.77. The number of ether oxygens (including phenoxy) is 2. The van der Waals surface area contributed by atoms with Crippen LogP contribution in [0.2, 0.25) is 0 Å². The van der Waals surface area contributed by atoms with Crippen molar-refractivity contribution in [2.24, 2.45) is 0 Å². The number of furan rings is 1. The summed E-state index contributed by atoms with van der Waals surface area (Å²) in [6.07, 6.45) is 1.81. The van der Waals surface area contributed by atoms with Crippen LogP contribution in [-0.4, -0.2) is 42.6 Å². The average molecular weight is 344 g/mol. The van der Waals surface area contributed by atoms with Gasteiger partial charge in [-0.2, -0.15) is 0 Å². The number of imide groups is 1. The molecular formula is C12H10BrNO6. The Morgan fingerprint density at radius 3 is 2.85 bits per heavy atom. The van der Waals surface area contributed by atoms with Crippen molar-refractivity contribution in [1.82, 2.24) is 4.90 Å². The van der Waals surface area contributed by atoms with E-state index in [4.69, 9.17) is 9.15 Å². The molecule has 1 saturated heterocycles. The Labute approximate surface area is 122 Å². The molecular weight excluding hydrogens is 334 g/mol. The maximum absolute atomic E-state index is 11.5. The smallest absolute Gasteiger partial charge is 0.416 e. The van der Waals surface area contributed by atoms with Gasteiger partial charge in [0.15, 0.2) is 11.3 Å². The largest absolute Gasteiger partial charge is 0.452 e. The number of cyclic esters (lactones) is 1. The summed E-state index contributed by atoms with van der Waals surface area (Å²) >= 11 is 3.12. The second-order valence-corrected chi connectivity index (χ2v) is 4.52. The first-order valence-electron chi connectivity index (χ1n) is 5.63. The molecule has 0 spiro atoms. The fourth-order valence-electron chi connectivity index (χ4n) is 1.45. The van der Waals surface area contributed by atoms with Gasteiger partial charge in [-0.1, -0.05) is 0 Å². The molecule has 2 amide bonds. The van der Waals surface area contributed by atoms with Crippen molar-refractivity contribution in [2.45, 2.75) is 0 Å². The summed E-state index contributed by atoms with van der Waals surface area (Å²) in [5, 5.41) is 0. The number of rotatable bonds is 4. The highest BCUT2D eigenvalue weighted by Crippen LogP contribution is 2.15. The number of hydrogen-bond acceptors (Lipinski definition) is 6. The lowest BCUT2D eigenvalue weighted by atomic mass is 10.4.